The van der Waals surface area contributed by atoms with Crippen LogP contribution in [0.3, 0.4) is 0 Å². The van der Waals surface area contributed by atoms with Crippen molar-refractivity contribution >= 4 is 33.8 Å². The smallest absolute Gasteiger partial charge is 0.324 e. The maximum atomic E-state index is 13.4. The molecule has 0 aliphatic rings. The lowest BCUT2D eigenvalue weighted by Gasteiger charge is -2.08. The highest BCUT2D eigenvalue weighted by molar-refractivity contribution is 7.17. The van der Waals surface area contributed by atoms with Crippen molar-refractivity contribution in [3.63, 3.8) is 0 Å². The van der Waals surface area contributed by atoms with Gasteiger partial charge in [0.15, 0.2) is 17.5 Å². The van der Waals surface area contributed by atoms with E-state index in [0.29, 0.717) is 17.4 Å². The molecule has 2 N–H and O–H groups in total. The van der Waals surface area contributed by atoms with Gasteiger partial charge in [-0.2, -0.15) is 0 Å². The van der Waals surface area contributed by atoms with Crippen LogP contribution in [0.15, 0.2) is 24.3 Å². The fraction of sp³-hybridized carbons (Fsp3) is 0.0769. The van der Waals surface area contributed by atoms with Crippen molar-refractivity contribution in [3.8, 4) is 0 Å². The number of carbonyl (C=O) groups is 2. The van der Waals surface area contributed by atoms with Gasteiger partial charge in [0.25, 0.3) is 5.91 Å². The Kier molecular flexibility index (Phi) is 5.14. The molecule has 2 aromatic rings. The number of amides is 2. The number of halogens is 3. The molecule has 7 nitrogen and oxygen atoms in total. The number of nitrogens with zero attached hydrogens (tertiary/aromatic N) is 1. The molecule has 0 radical (unpaired) electrons. The Labute approximate surface area is 136 Å². The van der Waals surface area contributed by atoms with Gasteiger partial charge in [-0.05, 0) is 18.2 Å². The first-order chi connectivity index (χ1) is 11.3. The minimum atomic E-state index is -1.73. The summed E-state index contributed by atoms with van der Waals surface area (Å²) in [5.74, 6) is -6.34. The number of nitrogens with one attached hydrogen (secondary N) is 2. The van der Waals surface area contributed by atoms with Crippen LogP contribution in [0.4, 0.5) is 23.9 Å². The first-order valence-corrected chi connectivity index (χ1v) is 7.07. The number of hydrogen-bond acceptors (Lipinski definition) is 5. The summed E-state index contributed by atoms with van der Waals surface area (Å²) in [6.45, 7) is -0.594. The lowest BCUT2D eigenvalue weighted by molar-refractivity contribution is -0.380. The molecule has 0 bridgehead atoms. The standard InChI is InChI=1S/C13H8F3N3O4S/c14-6-1-2-7(12(16)11(6)15)18-9(20)5-17-13(21)8-3-4-10(24-8)19(22)23/h1-4H,5H2,(H,17,21)(H,18,20). The number of carbonyl (C=O) groups excluding carboxylic acids is 2. The van der Waals surface area contributed by atoms with Crippen molar-refractivity contribution in [2.24, 2.45) is 0 Å². The third kappa shape index (κ3) is 3.87. The van der Waals surface area contributed by atoms with E-state index in [0.717, 1.165) is 12.1 Å². The van der Waals surface area contributed by atoms with Gasteiger partial charge in [0.1, 0.15) is 0 Å². The van der Waals surface area contributed by atoms with E-state index in [4.69, 9.17) is 0 Å². The van der Waals surface area contributed by atoms with E-state index >= 15 is 0 Å². The van der Waals surface area contributed by atoms with E-state index in [9.17, 15) is 32.9 Å². The van der Waals surface area contributed by atoms with Gasteiger partial charge in [-0.1, -0.05) is 11.3 Å². The molecule has 2 amide bonds. The van der Waals surface area contributed by atoms with Gasteiger partial charge < -0.3 is 10.6 Å². The summed E-state index contributed by atoms with van der Waals surface area (Å²) in [5.41, 5.74) is -0.583. The molecule has 1 heterocycles. The molecule has 1 aromatic heterocycles. The molecule has 2 rings (SSSR count). The molecule has 0 aliphatic heterocycles. The molecule has 126 valence electrons. The predicted molar refractivity (Wildman–Crippen MR) is 78.3 cm³/mol. The normalized spacial score (nSPS) is 10.3. The van der Waals surface area contributed by atoms with Crippen LogP contribution in [-0.2, 0) is 4.79 Å². The van der Waals surface area contributed by atoms with Crippen molar-refractivity contribution in [2.75, 3.05) is 11.9 Å². The van der Waals surface area contributed by atoms with Crippen molar-refractivity contribution in [1.82, 2.24) is 5.32 Å². The topological polar surface area (TPSA) is 101 Å². The molecule has 0 fully saturated rings. The number of nitro groups is 1. The van der Waals surface area contributed by atoms with Crippen molar-refractivity contribution in [1.29, 1.82) is 0 Å². The summed E-state index contributed by atoms with van der Waals surface area (Å²) >= 11 is 0.617. The minimum Gasteiger partial charge on any atom is -0.342 e. The zero-order chi connectivity index (χ0) is 17.9. The maximum Gasteiger partial charge on any atom is 0.324 e. The molecule has 0 saturated carbocycles. The fourth-order valence-electron chi connectivity index (χ4n) is 1.61. The molecular formula is C13H8F3N3O4S. The monoisotopic (exact) mass is 359 g/mol. The molecule has 0 saturated heterocycles. The summed E-state index contributed by atoms with van der Waals surface area (Å²) in [6, 6.07) is 3.81. The van der Waals surface area contributed by atoms with Crippen LogP contribution in [-0.4, -0.2) is 23.3 Å². The molecule has 1 aromatic carbocycles. The van der Waals surface area contributed by atoms with Gasteiger partial charge in [0, 0.05) is 6.07 Å². The van der Waals surface area contributed by atoms with E-state index in [-0.39, 0.29) is 9.88 Å². The quantitative estimate of drug-likeness (QED) is 0.486. The second kappa shape index (κ2) is 7.08. The van der Waals surface area contributed by atoms with Crippen LogP contribution >= 0.6 is 11.3 Å². The molecule has 0 atom stereocenters. The maximum absolute atomic E-state index is 13.4. The highest BCUT2D eigenvalue weighted by Crippen LogP contribution is 2.23. The number of anilines is 1. The highest BCUT2D eigenvalue weighted by atomic mass is 32.1. The van der Waals surface area contributed by atoms with Crippen LogP contribution in [0.1, 0.15) is 9.67 Å². The van der Waals surface area contributed by atoms with Crippen LogP contribution < -0.4 is 10.6 Å². The zero-order valence-corrected chi connectivity index (χ0v) is 12.5. The van der Waals surface area contributed by atoms with Gasteiger partial charge in [-0.15, -0.1) is 0 Å². The Bertz CT molecular complexity index is 825. The predicted octanol–water partition coefficient (Wildman–Crippen LogP) is 2.44. The Balaban J connectivity index is 1.94. The number of benzene rings is 1. The van der Waals surface area contributed by atoms with Gasteiger partial charge in [0.2, 0.25) is 5.91 Å². The largest absolute Gasteiger partial charge is 0.342 e. The second-order valence-electron chi connectivity index (χ2n) is 4.35. The average molecular weight is 359 g/mol. The molecule has 0 unspecified atom stereocenters. The summed E-state index contributed by atoms with van der Waals surface area (Å²) in [5, 5.41) is 14.4. The lowest BCUT2D eigenvalue weighted by atomic mass is 10.2. The minimum absolute atomic E-state index is 0.00788. The van der Waals surface area contributed by atoms with Crippen LogP contribution in [0.25, 0.3) is 0 Å². The molecule has 0 spiro atoms. The van der Waals surface area contributed by atoms with E-state index in [1.807, 2.05) is 5.32 Å². The van der Waals surface area contributed by atoms with Crippen molar-refractivity contribution in [3.05, 3.63) is 56.7 Å². The van der Waals surface area contributed by atoms with E-state index in [2.05, 4.69) is 5.32 Å². The molecular weight excluding hydrogens is 351 g/mol. The van der Waals surface area contributed by atoms with E-state index < -0.39 is 46.4 Å². The van der Waals surface area contributed by atoms with Gasteiger partial charge in [-0.25, -0.2) is 13.2 Å². The van der Waals surface area contributed by atoms with Crippen LogP contribution in [0, 0.1) is 27.6 Å². The second-order valence-corrected chi connectivity index (χ2v) is 5.41. The Morgan fingerprint density at radius 1 is 1.12 bits per heavy atom. The first-order valence-electron chi connectivity index (χ1n) is 6.25. The van der Waals surface area contributed by atoms with Gasteiger partial charge >= 0.3 is 5.00 Å². The van der Waals surface area contributed by atoms with Gasteiger partial charge in [0.05, 0.1) is 22.0 Å². The summed E-state index contributed by atoms with van der Waals surface area (Å²) < 4.78 is 39.2. The number of rotatable bonds is 5. The van der Waals surface area contributed by atoms with Crippen molar-refractivity contribution in [2.45, 2.75) is 0 Å². The van der Waals surface area contributed by atoms with Crippen LogP contribution in [0.2, 0.25) is 0 Å². The summed E-state index contributed by atoms with van der Waals surface area (Å²) in [6.07, 6.45) is 0. The zero-order valence-electron chi connectivity index (χ0n) is 11.6. The van der Waals surface area contributed by atoms with Crippen LogP contribution in [0.5, 0.6) is 0 Å². The highest BCUT2D eigenvalue weighted by Gasteiger charge is 2.17. The van der Waals surface area contributed by atoms with Gasteiger partial charge in [-0.3, -0.25) is 19.7 Å². The Hall–Kier alpha value is -2.95. The molecule has 24 heavy (non-hydrogen) atoms. The van der Waals surface area contributed by atoms with Crippen molar-refractivity contribution < 1.29 is 27.7 Å². The molecule has 11 heteroatoms. The Morgan fingerprint density at radius 2 is 1.83 bits per heavy atom. The van der Waals surface area contributed by atoms with E-state index in [1.165, 1.54) is 6.07 Å². The molecule has 0 aliphatic carbocycles. The summed E-state index contributed by atoms with van der Waals surface area (Å²) in [4.78, 5) is 33.2. The fourth-order valence-corrected chi connectivity index (χ4v) is 2.35. The number of hydrogen-bond donors (Lipinski definition) is 2. The van der Waals surface area contributed by atoms with E-state index in [1.54, 1.807) is 0 Å². The SMILES string of the molecule is O=C(CNC(=O)c1ccc([N+](=O)[O-])s1)Nc1ccc(F)c(F)c1F. The third-order valence-corrected chi connectivity index (χ3v) is 3.75. The first kappa shape index (κ1) is 17.4. The average Bonchev–Trinajstić information content (AvgIpc) is 3.03. The lowest BCUT2D eigenvalue weighted by Crippen LogP contribution is -2.32. The number of thiophene rings is 1. The summed E-state index contributed by atoms with van der Waals surface area (Å²) in [7, 11) is 0. The Morgan fingerprint density at radius 3 is 2.46 bits per heavy atom. The third-order valence-electron chi connectivity index (χ3n) is 2.71.